The van der Waals surface area contributed by atoms with E-state index in [4.69, 9.17) is 17.3 Å². The van der Waals surface area contributed by atoms with Crippen LogP contribution < -0.4 is 11.1 Å². The Labute approximate surface area is 122 Å². The van der Waals surface area contributed by atoms with Gasteiger partial charge in [-0.25, -0.2) is 0 Å². The number of aromatic amines is 1. The highest BCUT2D eigenvalue weighted by Crippen LogP contribution is 2.23. The maximum atomic E-state index is 12.2. The van der Waals surface area contributed by atoms with Crippen LogP contribution in [-0.4, -0.2) is 16.1 Å². The maximum absolute atomic E-state index is 12.2. The molecule has 1 atom stereocenters. The molecule has 106 valence electrons. The van der Waals surface area contributed by atoms with Gasteiger partial charge in [-0.3, -0.25) is 9.89 Å². The van der Waals surface area contributed by atoms with E-state index in [1.807, 2.05) is 32.0 Å². The molecule has 0 radical (unpaired) electrons. The largest absolute Gasteiger partial charge is 0.395 e. The summed E-state index contributed by atoms with van der Waals surface area (Å²) in [6.07, 6.45) is 0.701. The molecule has 2 rings (SSSR count). The van der Waals surface area contributed by atoms with Gasteiger partial charge >= 0.3 is 0 Å². The Bertz CT molecular complexity index is 623. The van der Waals surface area contributed by atoms with Gasteiger partial charge in [-0.1, -0.05) is 36.7 Å². The number of aryl methyl sites for hydroxylation is 1. The molecule has 0 bridgehead atoms. The quantitative estimate of drug-likeness (QED) is 0.810. The Morgan fingerprint density at radius 3 is 2.80 bits per heavy atom. The fraction of sp³-hybridized carbons (Fsp3) is 0.286. The van der Waals surface area contributed by atoms with E-state index >= 15 is 0 Å². The number of nitrogen functional groups attached to an aromatic ring is 1. The van der Waals surface area contributed by atoms with Crippen molar-refractivity contribution in [1.29, 1.82) is 0 Å². The molecule has 0 fully saturated rings. The van der Waals surface area contributed by atoms with Crippen molar-refractivity contribution in [2.75, 3.05) is 5.73 Å². The smallest absolute Gasteiger partial charge is 0.274 e. The first kappa shape index (κ1) is 14.4. The number of amides is 1. The molecule has 1 aromatic carbocycles. The summed E-state index contributed by atoms with van der Waals surface area (Å²) in [4.78, 5) is 12.2. The first-order chi connectivity index (χ1) is 9.54. The van der Waals surface area contributed by atoms with Gasteiger partial charge in [0.15, 0.2) is 5.69 Å². The lowest BCUT2D eigenvalue weighted by atomic mass is 10.1. The fourth-order valence-corrected chi connectivity index (χ4v) is 2.30. The second-order valence-electron chi connectivity index (χ2n) is 4.53. The van der Waals surface area contributed by atoms with Crippen LogP contribution >= 0.6 is 11.6 Å². The van der Waals surface area contributed by atoms with E-state index in [-0.39, 0.29) is 17.6 Å². The molecule has 1 unspecified atom stereocenters. The third-order valence-corrected chi connectivity index (χ3v) is 3.52. The number of hydrogen-bond acceptors (Lipinski definition) is 3. The molecular weight excluding hydrogens is 276 g/mol. The average Bonchev–Trinajstić information content (AvgIpc) is 2.80. The standard InChI is InChI=1S/C14H17ClN4O/c1-3-11-12(16)13(19-18-11)14(20)17-8(2)9-6-4-5-7-10(9)15/h4-8H,3,16H2,1-2H3,(H,17,20)(H,18,19). The van der Waals surface area contributed by atoms with Crippen LogP contribution in [0.25, 0.3) is 0 Å². The van der Waals surface area contributed by atoms with Gasteiger partial charge in [0.25, 0.3) is 5.91 Å². The molecule has 5 nitrogen and oxygen atoms in total. The summed E-state index contributed by atoms with van der Waals surface area (Å²) in [6, 6.07) is 7.16. The highest BCUT2D eigenvalue weighted by molar-refractivity contribution is 6.31. The Balaban J connectivity index is 2.15. The summed E-state index contributed by atoms with van der Waals surface area (Å²) >= 11 is 6.11. The number of halogens is 1. The van der Waals surface area contributed by atoms with Gasteiger partial charge < -0.3 is 11.1 Å². The van der Waals surface area contributed by atoms with E-state index in [2.05, 4.69) is 15.5 Å². The van der Waals surface area contributed by atoms with Crippen molar-refractivity contribution in [3.05, 3.63) is 46.2 Å². The topological polar surface area (TPSA) is 83.8 Å². The van der Waals surface area contributed by atoms with E-state index in [1.165, 1.54) is 0 Å². The molecule has 0 spiro atoms. The first-order valence-electron chi connectivity index (χ1n) is 6.42. The normalized spacial score (nSPS) is 12.2. The van der Waals surface area contributed by atoms with Crippen LogP contribution in [0, 0.1) is 0 Å². The molecule has 20 heavy (non-hydrogen) atoms. The lowest BCUT2D eigenvalue weighted by molar-refractivity contribution is 0.0935. The molecule has 0 aliphatic carbocycles. The number of H-pyrrole nitrogens is 1. The van der Waals surface area contributed by atoms with Crippen LogP contribution in [0.1, 0.15) is 41.6 Å². The molecular formula is C14H17ClN4O. The Morgan fingerprint density at radius 1 is 1.50 bits per heavy atom. The average molecular weight is 293 g/mol. The monoisotopic (exact) mass is 292 g/mol. The van der Waals surface area contributed by atoms with Crippen LogP contribution in [0.2, 0.25) is 5.02 Å². The van der Waals surface area contributed by atoms with Crippen LogP contribution in [0.4, 0.5) is 5.69 Å². The molecule has 1 amide bonds. The molecule has 6 heteroatoms. The van der Waals surface area contributed by atoms with Gasteiger partial charge in [0.05, 0.1) is 17.4 Å². The van der Waals surface area contributed by atoms with Crippen LogP contribution in [0.5, 0.6) is 0 Å². The third kappa shape index (κ3) is 2.77. The number of carbonyl (C=O) groups excluding carboxylic acids is 1. The van der Waals surface area contributed by atoms with Gasteiger partial charge in [-0.15, -0.1) is 0 Å². The van der Waals surface area contributed by atoms with Gasteiger partial charge in [0, 0.05) is 5.02 Å². The van der Waals surface area contributed by atoms with Crippen molar-refractivity contribution in [2.45, 2.75) is 26.3 Å². The summed E-state index contributed by atoms with van der Waals surface area (Å²) in [5.74, 6) is -0.314. The summed E-state index contributed by atoms with van der Waals surface area (Å²) in [6.45, 7) is 3.81. The molecule has 0 saturated heterocycles. The number of nitrogens with one attached hydrogen (secondary N) is 2. The number of nitrogens with two attached hydrogens (primary N) is 1. The number of aromatic nitrogens is 2. The number of rotatable bonds is 4. The number of nitrogens with zero attached hydrogens (tertiary/aromatic N) is 1. The Morgan fingerprint density at radius 2 is 2.20 bits per heavy atom. The van der Waals surface area contributed by atoms with Crippen molar-refractivity contribution >= 4 is 23.2 Å². The van der Waals surface area contributed by atoms with E-state index in [9.17, 15) is 4.79 Å². The lowest BCUT2D eigenvalue weighted by Gasteiger charge is -2.15. The molecule has 0 saturated carbocycles. The molecule has 0 aliphatic rings. The zero-order chi connectivity index (χ0) is 14.7. The van der Waals surface area contributed by atoms with Gasteiger partial charge in [0.1, 0.15) is 0 Å². The fourth-order valence-electron chi connectivity index (χ4n) is 2.00. The van der Waals surface area contributed by atoms with Crippen molar-refractivity contribution in [3.8, 4) is 0 Å². The molecule has 4 N–H and O–H groups in total. The van der Waals surface area contributed by atoms with Crippen molar-refractivity contribution in [2.24, 2.45) is 0 Å². The zero-order valence-corrected chi connectivity index (χ0v) is 12.2. The predicted octanol–water partition coefficient (Wildman–Crippen LogP) is 2.70. The second kappa shape index (κ2) is 5.96. The predicted molar refractivity (Wildman–Crippen MR) is 79.7 cm³/mol. The van der Waals surface area contributed by atoms with Crippen molar-refractivity contribution in [1.82, 2.24) is 15.5 Å². The minimum atomic E-state index is -0.314. The lowest BCUT2D eigenvalue weighted by Crippen LogP contribution is -2.27. The molecule has 2 aromatic rings. The SMILES string of the molecule is CCc1[nH]nc(C(=O)NC(C)c2ccccc2Cl)c1N. The maximum Gasteiger partial charge on any atom is 0.274 e. The number of anilines is 1. The van der Waals surface area contributed by atoms with Crippen molar-refractivity contribution in [3.63, 3.8) is 0 Å². The van der Waals surface area contributed by atoms with Gasteiger partial charge in [-0.05, 0) is 25.0 Å². The highest BCUT2D eigenvalue weighted by atomic mass is 35.5. The first-order valence-corrected chi connectivity index (χ1v) is 6.80. The summed E-state index contributed by atoms with van der Waals surface area (Å²) < 4.78 is 0. The van der Waals surface area contributed by atoms with Gasteiger partial charge in [-0.2, -0.15) is 5.10 Å². The summed E-state index contributed by atoms with van der Waals surface area (Å²) in [5.41, 5.74) is 8.12. The van der Waals surface area contributed by atoms with Crippen LogP contribution in [-0.2, 0) is 6.42 Å². The number of hydrogen-bond donors (Lipinski definition) is 3. The number of benzene rings is 1. The van der Waals surface area contributed by atoms with E-state index in [0.29, 0.717) is 17.1 Å². The minimum absolute atomic E-state index is 0.223. The van der Waals surface area contributed by atoms with E-state index in [1.54, 1.807) is 6.07 Å². The Kier molecular flexibility index (Phi) is 4.29. The summed E-state index contributed by atoms with van der Waals surface area (Å²) in [5, 5.41) is 10.2. The highest BCUT2D eigenvalue weighted by Gasteiger charge is 2.19. The van der Waals surface area contributed by atoms with E-state index < -0.39 is 0 Å². The molecule has 1 aromatic heterocycles. The molecule has 0 aliphatic heterocycles. The Hall–Kier alpha value is -2.01. The van der Waals surface area contributed by atoms with Crippen LogP contribution in [0.15, 0.2) is 24.3 Å². The van der Waals surface area contributed by atoms with Crippen molar-refractivity contribution < 1.29 is 4.79 Å². The van der Waals surface area contributed by atoms with Crippen LogP contribution in [0.3, 0.4) is 0 Å². The third-order valence-electron chi connectivity index (χ3n) is 3.17. The second-order valence-corrected chi connectivity index (χ2v) is 4.94. The molecule has 1 heterocycles. The number of carbonyl (C=O) groups is 1. The minimum Gasteiger partial charge on any atom is -0.395 e. The summed E-state index contributed by atoms with van der Waals surface area (Å²) in [7, 11) is 0. The van der Waals surface area contributed by atoms with E-state index in [0.717, 1.165) is 11.3 Å². The van der Waals surface area contributed by atoms with Gasteiger partial charge in [0.2, 0.25) is 0 Å². The zero-order valence-electron chi connectivity index (χ0n) is 11.4.